The second kappa shape index (κ2) is 5.97. The SMILES string of the molecule is Clc1cccc2sc3c(-c4cccc5cccc(I)c45)cccc3c12. The van der Waals surface area contributed by atoms with Crippen molar-refractivity contribution in [1.82, 2.24) is 0 Å². The third-order valence-corrected chi connectivity index (χ3v) is 7.03. The number of hydrogen-bond donors (Lipinski definition) is 0. The molecule has 0 spiro atoms. The zero-order chi connectivity index (χ0) is 17.0. The molecular weight excluding hydrogens is 459 g/mol. The molecule has 4 aromatic carbocycles. The van der Waals surface area contributed by atoms with Crippen LogP contribution in [0.4, 0.5) is 0 Å². The molecule has 0 aliphatic rings. The number of benzene rings is 4. The third-order valence-electron chi connectivity index (χ3n) is 4.62. The smallest absolute Gasteiger partial charge is 0.0499 e. The molecule has 0 unspecified atom stereocenters. The summed E-state index contributed by atoms with van der Waals surface area (Å²) >= 11 is 10.8. The fourth-order valence-corrected chi connectivity index (χ4v) is 5.93. The minimum absolute atomic E-state index is 0.827. The van der Waals surface area contributed by atoms with Crippen molar-refractivity contribution in [2.75, 3.05) is 0 Å². The van der Waals surface area contributed by atoms with Gasteiger partial charge < -0.3 is 0 Å². The predicted molar refractivity (Wildman–Crippen MR) is 120 cm³/mol. The Morgan fingerprint density at radius 3 is 2.32 bits per heavy atom. The van der Waals surface area contributed by atoms with Crippen LogP contribution in [0.15, 0.2) is 72.8 Å². The van der Waals surface area contributed by atoms with Gasteiger partial charge in [0.25, 0.3) is 0 Å². The zero-order valence-corrected chi connectivity index (χ0v) is 16.8. The van der Waals surface area contributed by atoms with E-state index in [1.54, 1.807) is 0 Å². The first-order valence-electron chi connectivity index (χ1n) is 8.01. The second-order valence-corrected chi connectivity index (χ2v) is 8.66. The highest BCUT2D eigenvalue weighted by Gasteiger charge is 2.14. The van der Waals surface area contributed by atoms with Gasteiger partial charge in [-0.15, -0.1) is 11.3 Å². The molecule has 5 aromatic rings. The highest BCUT2D eigenvalue weighted by Crippen LogP contribution is 2.44. The lowest BCUT2D eigenvalue weighted by Crippen LogP contribution is -1.84. The molecule has 0 bridgehead atoms. The van der Waals surface area contributed by atoms with Crippen LogP contribution in [-0.4, -0.2) is 0 Å². The molecule has 120 valence electrons. The van der Waals surface area contributed by atoms with Crippen molar-refractivity contribution < 1.29 is 0 Å². The average Bonchev–Trinajstić information content (AvgIpc) is 3.01. The summed E-state index contributed by atoms with van der Waals surface area (Å²) in [6.07, 6.45) is 0. The maximum atomic E-state index is 6.50. The Balaban J connectivity index is 1.95. The van der Waals surface area contributed by atoms with Crippen LogP contribution < -0.4 is 0 Å². The summed E-state index contributed by atoms with van der Waals surface area (Å²) in [5.74, 6) is 0. The van der Waals surface area contributed by atoms with E-state index in [2.05, 4.69) is 83.3 Å². The number of fused-ring (bicyclic) bond motifs is 4. The molecule has 3 heteroatoms. The molecule has 0 nitrogen and oxygen atoms in total. The van der Waals surface area contributed by atoms with E-state index in [0.717, 1.165) is 5.02 Å². The Kier molecular flexibility index (Phi) is 3.73. The van der Waals surface area contributed by atoms with E-state index < -0.39 is 0 Å². The van der Waals surface area contributed by atoms with Gasteiger partial charge in [0.15, 0.2) is 0 Å². The van der Waals surface area contributed by atoms with E-state index in [1.165, 1.54) is 45.6 Å². The van der Waals surface area contributed by atoms with Gasteiger partial charge >= 0.3 is 0 Å². The summed E-state index contributed by atoms with van der Waals surface area (Å²) in [6.45, 7) is 0. The summed E-state index contributed by atoms with van der Waals surface area (Å²) in [5.41, 5.74) is 2.57. The summed E-state index contributed by atoms with van der Waals surface area (Å²) in [5, 5.41) is 5.84. The molecule has 0 saturated heterocycles. The van der Waals surface area contributed by atoms with Gasteiger partial charge in [-0.2, -0.15) is 0 Å². The largest absolute Gasteiger partial charge is 0.134 e. The summed E-state index contributed by atoms with van der Waals surface area (Å²) in [4.78, 5) is 0. The first kappa shape index (κ1) is 15.6. The first-order chi connectivity index (χ1) is 12.2. The summed E-state index contributed by atoms with van der Waals surface area (Å²) < 4.78 is 3.82. The maximum absolute atomic E-state index is 6.50. The number of thiophene rings is 1. The van der Waals surface area contributed by atoms with Crippen LogP contribution in [0.5, 0.6) is 0 Å². The molecule has 25 heavy (non-hydrogen) atoms. The van der Waals surface area contributed by atoms with Crippen molar-refractivity contribution in [3.63, 3.8) is 0 Å². The van der Waals surface area contributed by atoms with Crippen molar-refractivity contribution in [2.45, 2.75) is 0 Å². The molecule has 1 heterocycles. The minimum Gasteiger partial charge on any atom is -0.134 e. The molecule has 0 radical (unpaired) electrons. The molecule has 0 saturated carbocycles. The highest BCUT2D eigenvalue weighted by molar-refractivity contribution is 14.1. The molecule has 0 aliphatic heterocycles. The van der Waals surface area contributed by atoms with Crippen LogP contribution in [0.25, 0.3) is 42.1 Å². The van der Waals surface area contributed by atoms with Gasteiger partial charge in [0, 0.05) is 39.7 Å². The van der Waals surface area contributed by atoms with Crippen LogP contribution in [0.3, 0.4) is 0 Å². The molecule has 0 fully saturated rings. The van der Waals surface area contributed by atoms with Crippen LogP contribution in [-0.2, 0) is 0 Å². The summed E-state index contributed by atoms with van der Waals surface area (Å²) in [7, 11) is 0. The van der Waals surface area contributed by atoms with Gasteiger partial charge in [-0.1, -0.05) is 66.2 Å². The lowest BCUT2D eigenvalue weighted by molar-refractivity contribution is 1.68. The number of halogens is 2. The molecule has 0 N–H and O–H groups in total. The predicted octanol–water partition coefficient (Wildman–Crippen LogP) is 8.13. The number of hydrogen-bond acceptors (Lipinski definition) is 1. The van der Waals surface area contributed by atoms with Gasteiger partial charge in [0.05, 0.1) is 0 Å². The van der Waals surface area contributed by atoms with Gasteiger partial charge in [-0.25, -0.2) is 0 Å². The highest BCUT2D eigenvalue weighted by atomic mass is 127. The Morgan fingerprint density at radius 2 is 1.44 bits per heavy atom. The molecule has 5 rings (SSSR count). The Bertz CT molecular complexity index is 1260. The monoisotopic (exact) mass is 470 g/mol. The minimum atomic E-state index is 0.827. The Morgan fingerprint density at radius 1 is 0.720 bits per heavy atom. The average molecular weight is 471 g/mol. The fourth-order valence-electron chi connectivity index (χ4n) is 3.54. The van der Waals surface area contributed by atoms with E-state index in [-0.39, 0.29) is 0 Å². The molecule has 0 atom stereocenters. The lowest BCUT2D eigenvalue weighted by Gasteiger charge is -2.10. The van der Waals surface area contributed by atoms with Gasteiger partial charge in [0.2, 0.25) is 0 Å². The topological polar surface area (TPSA) is 0 Å². The van der Waals surface area contributed by atoms with Crippen LogP contribution in [0.2, 0.25) is 5.02 Å². The normalized spacial score (nSPS) is 11.6. The van der Waals surface area contributed by atoms with Crippen LogP contribution >= 0.6 is 45.5 Å². The van der Waals surface area contributed by atoms with E-state index >= 15 is 0 Å². The van der Waals surface area contributed by atoms with Crippen molar-refractivity contribution in [3.05, 3.63) is 81.4 Å². The van der Waals surface area contributed by atoms with Gasteiger partial charge in [-0.05, 0) is 51.7 Å². The quantitative estimate of drug-likeness (QED) is 0.217. The summed E-state index contributed by atoms with van der Waals surface area (Å²) in [6, 6.07) is 25.7. The first-order valence-corrected chi connectivity index (χ1v) is 10.3. The number of rotatable bonds is 1. The van der Waals surface area contributed by atoms with Crippen molar-refractivity contribution in [2.24, 2.45) is 0 Å². The van der Waals surface area contributed by atoms with Gasteiger partial charge in [-0.3, -0.25) is 0 Å². The lowest BCUT2D eigenvalue weighted by atomic mass is 9.97. The molecule has 1 aromatic heterocycles. The standard InChI is InChI=1S/C22H12ClIS/c23-17-10-4-12-19-21(17)16-9-3-8-15(22(16)25-19)14-7-1-5-13-6-2-11-18(24)20(13)14/h1-12H. The van der Waals surface area contributed by atoms with Gasteiger partial charge in [0.1, 0.15) is 0 Å². The molecule has 0 amide bonds. The third kappa shape index (κ3) is 2.39. The van der Waals surface area contributed by atoms with E-state index in [4.69, 9.17) is 11.6 Å². The fraction of sp³-hybridized carbons (Fsp3) is 0. The second-order valence-electron chi connectivity index (χ2n) is 6.04. The zero-order valence-electron chi connectivity index (χ0n) is 13.1. The van der Waals surface area contributed by atoms with E-state index in [9.17, 15) is 0 Å². The van der Waals surface area contributed by atoms with Crippen molar-refractivity contribution in [3.8, 4) is 11.1 Å². The molecule has 0 aliphatic carbocycles. The Labute approximate surface area is 168 Å². The van der Waals surface area contributed by atoms with E-state index in [1.807, 2.05) is 23.5 Å². The molecular formula is C22H12ClIS. The maximum Gasteiger partial charge on any atom is 0.0499 e. The Hall–Kier alpha value is -1.62. The van der Waals surface area contributed by atoms with E-state index in [0.29, 0.717) is 0 Å². The van der Waals surface area contributed by atoms with Crippen molar-refractivity contribution >= 4 is 76.5 Å². The van der Waals surface area contributed by atoms with Crippen molar-refractivity contribution in [1.29, 1.82) is 0 Å². The van der Waals surface area contributed by atoms with Crippen LogP contribution in [0, 0.1) is 3.57 Å². The van der Waals surface area contributed by atoms with Crippen LogP contribution in [0.1, 0.15) is 0 Å².